The van der Waals surface area contributed by atoms with Gasteiger partial charge >= 0.3 is 0 Å². The Hall–Kier alpha value is -1.86. The lowest BCUT2D eigenvalue weighted by Crippen LogP contribution is -2.31. The molecule has 0 aromatic heterocycles. The van der Waals surface area contributed by atoms with Crippen molar-refractivity contribution in [1.29, 1.82) is 5.26 Å². The van der Waals surface area contributed by atoms with Gasteiger partial charge in [-0.2, -0.15) is 5.26 Å². The van der Waals surface area contributed by atoms with Crippen LogP contribution in [0.4, 0.5) is 5.69 Å². The molecule has 1 atom stereocenters. The van der Waals surface area contributed by atoms with E-state index in [9.17, 15) is 4.79 Å². The Kier molecular flexibility index (Phi) is 5.53. The number of nitrogens with zero attached hydrogens (tertiary/aromatic N) is 1. The van der Waals surface area contributed by atoms with Crippen LogP contribution in [-0.4, -0.2) is 17.6 Å². The fourth-order valence-corrected chi connectivity index (χ4v) is 1.65. The van der Waals surface area contributed by atoms with Gasteiger partial charge in [0, 0.05) is 12.3 Å². The van der Waals surface area contributed by atoms with Crippen molar-refractivity contribution in [1.82, 2.24) is 0 Å². The lowest BCUT2D eigenvalue weighted by atomic mass is 9.88. The molecule has 4 heteroatoms. The van der Waals surface area contributed by atoms with E-state index >= 15 is 0 Å². The Labute approximate surface area is 114 Å². The van der Waals surface area contributed by atoms with Gasteiger partial charge < -0.3 is 10.4 Å². The summed E-state index contributed by atoms with van der Waals surface area (Å²) in [6.45, 7) is 3.61. The molecule has 0 aliphatic carbocycles. The number of aliphatic hydroxyl groups excluding tert-OH is 1. The third-order valence-corrected chi connectivity index (χ3v) is 3.26. The van der Waals surface area contributed by atoms with E-state index in [0.29, 0.717) is 18.5 Å². The monoisotopic (exact) mass is 260 g/mol. The second-order valence-corrected chi connectivity index (χ2v) is 4.78. The average Bonchev–Trinajstić information content (AvgIpc) is 2.44. The quantitative estimate of drug-likeness (QED) is 0.825. The molecule has 0 aliphatic rings. The topological polar surface area (TPSA) is 73.1 Å². The number of hydrogen-bond donors (Lipinski definition) is 2. The standard InChI is InChI=1S/C15H20N2O2/c1-3-15(2,11-16)14(19)17-13-8-4-6-12(10-13)7-5-9-18/h4,6,8,10,18H,3,5,7,9H2,1-2H3,(H,17,19). The first-order valence-electron chi connectivity index (χ1n) is 6.48. The summed E-state index contributed by atoms with van der Waals surface area (Å²) in [4.78, 5) is 12.0. The van der Waals surface area contributed by atoms with Crippen molar-refractivity contribution >= 4 is 11.6 Å². The number of anilines is 1. The fourth-order valence-electron chi connectivity index (χ4n) is 1.65. The van der Waals surface area contributed by atoms with Gasteiger partial charge in [0.25, 0.3) is 0 Å². The van der Waals surface area contributed by atoms with Crippen LogP contribution in [0.2, 0.25) is 0 Å². The molecule has 1 unspecified atom stereocenters. The molecule has 4 nitrogen and oxygen atoms in total. The summed E-state index contributed by atoms with van der Waals surface area (Å²) in [6, 6.07) is 9.54. The molecule has 19 heavy (non-hydrogen) atoms. The Morgan fingerprint density at radius 1 is 1.53 bits per heavy atom. The van der Waals surface area contributed by atoms with Gasteiger partial charge in [0.05, 0.1) is 6.07 Å². The molecule has 0 saturated carbocycles. The summed E-state index contributed by atoms with van der Waals surface area (Å²) in [5.41, 5.74) is 0.749. The summed E-state index contributed by atoms with van der Waals surface area (Å²) in [6.07, 6.45) is 1.94. The zero-order chi connectivity index (χ0) is 14.3. The maximum Gasteiger partial charge on any atom is 0.244 e. The van der Waals surface area contributed by atoms with Crippen LogP contribution in [-0.2, 0) is 11.2 Å². The molecule has 1 aromatic rings. The predicted octanol–water partition coefficient (Wildman–Crippen LogP) is 2.49. The highest BCUT2D eigenvalue weighted by Crippen LogP contribution is 2.22. The molecule has 0 bridgehead atoms. The van der Waals surface area contributed by atoms with E-state index in [4.69, 9.17) is 10.4 Å². The van der Waals surface area contributed by atoms with Crippen LogP contribution in [0.3, 0.4) is 0 Å². The summed E-state index contributed by atoms with van der Waals surface area (Å²) in [5.74, 6) is -0.281. The number of nitrogens with one attached hydrogen (secondary N) is 1. The van der Waals surface area contributed by atoms with Crippen LogP contribution in [0.25, 0.3) is 0 Å². The molecule has 0 radical (unpaired) electrons. The lowest BCUT2D eigenvalue weighted by molar-refractivity contribution is -0.122. The van der Waals surface area contributed by atoms with Gasteiger partial charge in [0.15, 0.2) is 0 Å². The van der Waals surface area contributed by atoms with Crippen LogP contribution in [0, 0.1) is 16.7 Å². The number of aryl methyl sites for hydroxylation is 1. The number of benzene rings is 1. The molecule has 0 aliphatic heterocycles. The molecule has 102 valence electrons. The molecular weight excluding hydrogens is 240 g/mol. The summed E-state index contributed by atoms with van der Waals surface area (Å²) in [5, 5.41) is 20.7. The number of carbonyl (C=O) groups is 1. The highest BCUT2D eigenvalue weighted by atomic mass is 16.2. The number of carbonyl (C=O) groups excluding carboxylic acids is 1. The Morgan fingerprint density at radius 3 is 2.84 bits per heavy atom. The van der Waals surface area contributed by atoms with Gasteiger partial charge in [-0.3, -0.25) is 4.79 Å². The number of nitriles is 1. The average molecular weight is 260 g/mol. The first-order valence-corrected chi connectivity index (χ1v) is 6.48. The van der Waals surface area contributed by atoms with Crippen LogP contribution >= 0.6 is 0 Å². The first kappa shape index (κ1) is 15.2. The molecular formula is C15H20N2O2. The number of amides is 1. The molecule has 2 N–H and O–H groups in total. The molecule has 0 saturated heterocycles. The Morgan fingerprint density at radius 2 is 2.26 bits per heavy atom. The maximum absolute atomic E-state index is 12.0. The minimum absolute atomic E-state index is 0.152. The normalized spacial score (nSPS) is 13.4. The van der Waals surface area contributed by atoms with E-state index in [1.807, 2.05) is 25.1 Å². The van der Waals surface area contributed by atoms with E-state index in [0.717, 1.165) is 12.0 Å². The van der Waals surface area contributed by atoms with E-state index < -0.39 is 5.41 Å². The van der Waals surface area contributed by atoms with E-state index in [-0.39, 0.29) is 12.5 Å². The number of aliphatic hydroxyl groups is 1. The van der Waals surface area contributed by atoms with Gasteiger partial charge in [-0.05, 0) is 43.9 Å². The molecule has 0 heterocycles. The fraction of sp³-hybridized carbons (Fsp3) is 0.467. The largest absolute Gasteiger partial charge is 0.396 e. The second kappa shape index (κ2) is 6.91. The van der Waals surface area contributed by atoms with Gasteiger partial charge in [0.1, 0.15) is 5.41 Å². The Bertz CT molecular complexity index is 479. The highest BCUT2D eigenvalue weighted by molar-refractivity contribution is 5.96. The summed E-state index contributed by atoms with van der Waals surface area (Å²) >= 11 is 0. The molecule has 0 spiro atoms. The van der Waals surface area contributed by atoms with Crippen LogP contribution in [0.15, 0.2) is 24.3 Å². The number of hydrogen-bond acceptors (Lipinski definition) is 3. The maximum atomic E-state index is 12.0. The SMILES string of the molecule is CCC(C)(C#N)C(=O)Nc1cccc(CCCO)c1. The van der Waals surface area contributed by atoms with Gasteiger partial charge in [-0.25, -0.2) is 0 Å². The van der Waals surface area contributed by atoms with Crippen molar-refractivity contribution in [3.05, 3.63) is 29.8 Å². The molecule has 1 rings (SSSR count). The van der Waals surface area contributed by atoms with Crippen LogP contribution in [0.1, 0.15) is 32.3 Å². The molecule has 1 amide bonds. The second-order valence-electron chi connectivity index (χ2n) is 4.78. The Balaban J connectivity index is 2.77. The van der Waals surface area contributed by atoms with Crippen LogP contribution in [0.5, 0.6) is 0 Å². The van der Waals surface area contributed by atoms with E-state index in [1.54, 1.807) is 13.0 Å². The summed E-state index contributed by atoms with van der Waals surface area (Å²) in [7, 11) is 0. The third-order valence-electron chi connectivity index (χ3n) is 3.26. The van der Waals surface area contributed by atoms with Crippen molar-refractivity contribution in [3.63, 3.8) is 0 Å². The first-order chi connectivity index (χ1) is 9.05. The van der Waals surface area contributed by atoms with Gasteiger partial charge in [-0.1, -0.05) is 19.1 Å². The minimum Gasteiger partial charge on any atom is -0.396 e. The highest BCUT2D eigenvalue weighted by Gasteiger charge is 2.31. The van der Waals surface area contributed by atoms with Gasteiger partial charge in [-0.15, -0.1) is 0 Å². The van der Waals surface area contributed by atoms with Crippen molar-refractivity contribution in [2.45, 2.75) is 33.1 Å². The van der Waals surface area contributed by atoms with Crippen molar-refractivity contribution in [2.24, 2.45) is 5.41 Å². The van der Waals surface area contributed by atoms with Gasteiger partial charge in [0.2, 0.25) is 5.91 Å². The van der Waals surface area contributed by atoms with Crippen molar-refractivity contribution in [3.8, 4) is 6.07 Å². The molecule has 0 fully saturated rings. The van der Waals surface area contributed by atoms with E-state index in [2.05, 4.69) is 11.4 Å². The van der Waals surface area contributed by atoms with E-state index in [1.165, 1.54) is 0 Å². The zero-order valence-electron chi connectivity index (χ0n) is 11.4. The third kappa shape index (κ3) is 4.08. The minimum atomic E-state index is -0.999. The summed E-state index contributed by atoms with van der Waals surface area (Å²) < 4.78 is 0. The van der Waals surface area contributed by atoms with Crippen molar-refractivity contribution in [2.75, 3.05) is 11.9 Å². The smallest absolute Gasteiger partial charge is 0.244 e. The van der Waals surface area contributed by atoms with Crippen molar-refractivity contribution < 1.29 is 9.90 Å². The lowest BCUT2D eigenvalue weighted by Gasteiger charge is -2.18. The predicted molar refractivity (Wildman–Crippen MR) is 74.5 cm³/mol. The number of rotatable bonds is 6. The zero-order valence-corrected chi connectivity index (χ0v) is 11.4. The molecule has 1 aromatic carbocycles. The van der Waals surface area contributed by atoms with Crippen LogP contribution < -0.4 is 5.32 Å².